The molecule has 2 atom stereocenters. The molecule has 1 amide bonds. The van der Waals surface area contributed by atoms with Crippen LogP contribution in [0, 0.1) is 11.8 Å². The maximum absolute atomic E-state index is 12.4. The molecule has 0 aliphatic heterocycles. The number of aliphatic carboxylic acids is 1. The zero-order chi connectivity index (χ0) is 16.7. The number of unbranched alkanes of at least 4 members (excludes halogenated alkanes) is 1. The standard InChI is InChI=1S/C18H25NO4/c1-2-3-12-23-14-10-8-13(9-11-14)19-17(20)15-6-4-5-7-16(15)18(21)22/h8-11,15-16H,2-7,12H2,1H3,(H,19,20)(H,21,22). The van der Waals surface area contributed by atoms with Gasteiger partial charge in [0.15, 0.2) is 0 Å². The summed E-state index contributed by atoms with van der Waals surface area (Å²) >= 11 is 0. The van der Waals surface area contributed by atoms with Gasteiger partial charge < -0.3 is 15.2 Å². The zero-order valence-corrected chi connectivity index (χ0v) is 13.6. The first-order chi connectivity index (χ1) is 11.1. The second-order valence-corrected chi connectivity index (χ2v) is 6.05. The number of rotatable bonds is 7. The molecule has 2 rings (SSSR count). The number of amides is 1. The summed E-state index contributed by atoms with van der Waals surface area (Å²) in [6, 6.07) is 7.22. The molecule has 0 saturated heterocycles. The summed E-state index contributed by atoms with van der Waals surface area (Å²) in [4.78, 5) is 23.7. The zero-order valence-electron chi connectivity index (χ0n) is 13.6. The largest absolute Gasteiger partial charge is 0.494 e. The van der Waals surface area contributed by atoms with Crippen LogP contribution in [0.1, 0.15) is 45.4 Å². The Bertz CT molecular complexity index is 526. The Labute approximate surface area is 137 Å². The molecule has 1 fully saturated rings. The minimum Gasteiger partial charge on any atom is -0.494 e. The van der Waals surface area contributed by atoms with Gasteiger partial charge in [-0.05, 0) is 43.5 Å². The number of benzene rings is 1. The number of hydrogen-bond acceptors (Lipinski definition) is 3. The van der Waals surface area contributed by atoms with E-state index in [4.69, 9.17) is 4.74 Å². The fraction of sp³-hybridized carbons (Fsp3) is 0.556. The minimum absolute atomic E-state index is 0.197. The van der Waals surface area contributed by atoms with Gasteiger partial charge in [-0.25, -0.2) is 0 Å². The normalized spacial score (nSPS) is 20.7. The molecule has 0 heterocycles. The average molecular weight is 319 g/mol. The molecule has 2 N–H and O–H groups in total. The molecule has 2 unspecified atom stereocenters. The minimum atomic E-state index is -0.871. The molecule has 5 heteroatoms. The predicted octanol–water partition coefficient (Wildman–Crippen LogP) is 3.70. The van der Waals surface area contributed by atoms with E-state index in [2.05, 4.69) is 12.2 Å². The van der Waals surface area contributed by atoms with E-state index in [1.165, 1.54) is 0 Å². The molecule has 1 saturated carbocycles. The number of carboxylic acid groups (broad SMARTS) is 1. The topological polar surface area (TPSA) is 75.6 Å². The highest BCUT2D eigenvalue weighted by Crippen LogP contribution is 2.31. The molecule has 1 aliphatic rings. The molecule has 23 heavy (non-hydrogen) atoms. The van der Waals surface area contributed by atoms with Gasteiger partial charge in [-0.15, -0.1) is 0 Å². The lowest BCUT2D eigenvalue weighted by atomic mass is 9.78. The van der Waals surface area contributed by atoms with Crippen molar-refractivity contribution in [2.75, 3.05) is 11.9 Å². The van der Waals surface area contributed by atoms with Gasteiger partial charge >= 0.3 is 5.97 Å². The molecule has 0 aromatic heterocycles. The number of anilines is 1. The highest BCUT2D eigenvalue weighted by Gasteiger charge is 2.35. The molecular weight excluding hydrogens is 294 g/mol. The van der Waals surface area contributed by atoms with Crippen LogP contribution < -0.4 is 10.1 Å². The van der Waals surface area contributed by atoms with Crippen LogP contribution in [0.3, 0.4) is 0 Å². The van der Waals surface area contributed by atoms with Crippen molar-refractivity contribution in [2.45, 2.75) is 45.4 Å². The summed E-state index contributed by atoms with van der Waals surface area (Å²) in [7, 11) is 0. The Morgan fingerprint density at radius 3 is 2.43 bits per heavy atom. The van der Waals surface area contributed by atoms with Gasteiger partial charge in [0.05, 0.1) is 18.4 Å². The molecule has 5 nitrogen and oxygen atoms in total. The third-order valence-electron chi connectivity index (χ3n) is 4.31. The van der Waals surface area contributed by atoms with Crippen molar-refractivity contribution < 1.29 is 19.4 Å². The third-order valence-corrected chi connectivity index (χ3v) is 4.31. The lowest BCUT2D eigenvalue weighted by molar-refractivity contribution is -0.147. The van der Waals surface area contributed by atoms with Crippen LogP contribution in [0.15, 0.2) is 24.3 Å². The van der Waals surface area contributed by atoms with E-state index in [1.807, 2.05) is 12.1 Å². The van der Waals surface area contributed by atoms with Gasteiger partial charge in [0.1, 0.15) is 5.75 Å². The van der Waals surface area contributed by atoms with Gasteiger partial charge in [0.2, 0.25) is 5.91 Å². The molecule has 1 aromatic rings. The SMILES string of the molecule is CCCCOc1ccc(NC(=O)C2CCCCC2C(=O)O)cc1. The number of ether oxygens (including phenoxy) is 1. The summed E-state index contributed by atoms with van der Waals surface area (Å²) in [6.07, 6.45) is 5.10. The molecule has 0 bridgehead atoms. The van der Waals surface area contributed by atoms with Crippen molar-refractivity contribution in [1.82, 2.24) is 0 Å². The maximum Gasteiger partial charge on any atom is 0.307 e. The van der Waals surface area contributed by atoms with Crippen molar-refractivity contribution in [1.29, 1.82) is 0 Å². The number of carboxylic acids is 1. The highest BCUT2D eigenvalue weighted by molar-refractivity contribution is 5.95. The molecule has 0 spiro atoms. The number of carbonyl (C=O) groups excluding carboxylic acids is 1. The Hall–Kier alpha value is -2.04. The Morgan fingerprint density at radius 1 is 1.17 bits per heavy atom. The van der Waals surface area contributed by atoms with E-state index in [0.717, 1.165) is 31.4 Å². The first-order valence-electron chi connectivity index (χ1n) is 8.38. The quantitative estimate of drug-likeness (QED) is 0.751. The first kappa shape index (κ1) is 17.3. The van der Waals surface area contributed by atoms with Crippen LogP contribution in [0.25, 0.3) is 0 Å². The summed E-state index contributed by atoms with van der Waals surface area (Å²) < 4.78 is 5.58. The molecule has 0 radical (unpaired) electrons. The number of hydrogen-bond donors (Lipinski definition) is 2. The van der Waals surface area contributed by atoms with E-state index < -0.39 is 17.8 Å². The van der Waals surface area contributed by atoms with Crippen LogP contribution in [0.2, 0.25) is 0 Å². The van der Waals surface area contributed by atoms with Gasteiger partial charge in [-0.1, -0.05) is 26.2 Å². The van der Waals surface area contributed by atoms with E-state index in [-0.39, 0.29) is 5.91 Å². The van der Waals surface area contributed by atoms with E-state index in [9.17, 15) is 14.7 Å². The fourth-order valence-corrected chi connectivity index (χ4v) is 2.94. The van der Waals surface area contributed by atoms with Crippen LogP contribution >= 0.6 is 0 Å². The van der Waals surface area contributed by atoms with Gasteiger partial charge in [-0.3, -0.25) is 9.59 Å². The maximum atomic E-state index is 12.4. The van der Waals surface area contributed by atoms with Gasteiger partial charge in [0.25, 0.3) is 0 Å². The van der Waals surface area contributed by atoms with Crippen molar-refractivity contribution in [3.63, 3.8) is 0 Å². The Morgan fingerprint density at radius 2 is 1.83 bits per heavy atom. The van der Waals surface area contributed by atoms with Crippen LogP contribution in [0.5, 0.6) is 5.75 Å². The van der Waals surface area contributed by atoms with E-state index in [1.54, 1.807) is 12.1 Å². The Kier molecular flexibility index (Phi) is 6.44. The lowest BCUT2D eigenvalue weighted by Gasteiger charge is -2.27. The first-order valence-corrected chi connectivity index (χ1v) is 8.38. The van der Waals surface area contributed by atoms with E-state index >= 15 is 0 Å². The molecule has 126 valence electrons. The second-order valence-electron chi connectivity index (χ2n) is 6.05. The second kappa shape index (κ2) is 8.56. The van der Waals surface area contributed by atoms with Gasteiger partial charge in [-0.2, -0.15) is 0 Å². The number of carbonyl (C=O) groups is 2. The molecule has 1 aromatic carbocycles. The predicted molar refractivity (Wildman–Crippen MR) is 88.6 cm³/mol. The van der Waals surface area contributed by atoms with Crippen molar-refractivity contribution in [3.05, 3.63) is 24.3 Å². The molecule has 1 aliphatic carbocycles. The van der Waals surface area contributed by atoms with Crippen molar-refractivity contribution in [3.8, 4) is 5.75 Å². The van der Waals surface area contributed by atoms with Crippen LogP contribution in [-0.4, -0.2) is 23.6 Å². The highest BCUT2D eigenvalue weighted by atomic mass is 16.5. The summed E-state index contributed by atoms with van der Waals surface area (Å²) in [5, 5.41) is 12.1. The average Bonchev–Trinajstić information content (AvgIpc) is 2.56. The van der Waals surface area contributed by atoms with E-state index in [0.29, 0.717) is 25.1 Å². The molecular formula is C18H25NO4. The third kappa shape index (κ3) is 4.98. The monoisotopic (exact) mass is 319 g/mol. The fourth-order valence-electron chi connectivity index (χ4n) is 2.94. The van der Waals surface area contributed by atoms with Gasteiger partial charge in [0, 0.05) is 5.69 Å². The number of nitrogens with one attached hydrogen (secondary N) is 1. The van der Waals surface area contributed by atoms with Crippen molar-refractivity contribution >= 4 is 17.6 Å². The van der Waals surface area contributed by atoms with Crippen LogP contribution in [0.4, 0.5) is 5.69 Å². The summed E-state index contributed by atoms with van der Waals surface area (Å²) in [5.74, 6) is -1.30. The lowest BCUT2D eigenvalue weighted by Crippen LogP contribution is -2.36. The van der Waals surface area contributed by atoms with Crippen LogP contribution in [-0.2, 0) is 9.59 Å². The van der Waals surface area contributed by atoms with Crippen molar-refractivity contribution in [2.24, 2.45) is 11.8 Å². The summed E-state index contributed by atoms with van der Waals surface area (Å²) in [5.41, 5.74) is 0.674. The Balaban J connectivity index is 1.92. The smallest absolute Gasteiger partial charge is 0.307 e. The summed E-state index contributed by atoms with van der Waals surface area (Å²) in [6.45, 7) is 2.79.